The monoisotopic (exact) mass is 330 g/mol. The fraction of sp³-hybridized carbons (Fsp3) is 0.533. The Balaban J connectivity index is 0.00000220. The lowest BCUT2D eigenvalue weighted by atomic mass is 10.0. The Labute approximate surface area is 136 Å². The van der Waals surface area contributed by atoms with E-state index in [0.717, 1.165) is 30.0 Å². The molecule has 0 saturated carbocycles. The zero-order valence-electron chi connectivity index (χ0n) is 12.3. The molecule has 1 fully saturated rings. The number of nitrogens with zero attached hydrogens (tertiary/aromatic N) is 1. The summed E-state index contributed by atoms with van der Waals surface area (Å²) < 4.78 is 5.12. The van der Waals surface area contributed by atoms with Gasteiger partial charge in [0, 0.05) is 24.0 Å². The second-order valence-electron chi connectivity index (χ2n) is 4.94. The first-order chi connectivity index (χ1) is 9.74. The maximum atomic E-state index is 12.3. The van der Waals surface area contributed by atoms with Crippen LogP contribution in [0.5, 0.6) is 5.75 Å². The number of ether oxygens (including phenoxy) is 1. The van der Waals surface area contributed by atoms with Crippen LogP contribution >= 0.6 is 24.2 Å². The number of rotatable bonds is 5. The van der Waals surface area contributed by atoms with E-state index in [-0.39, 0.29) is 24.4 Å². The highest BCUT2D eigenvalue weighted by Crippen LogP contribution is 2.23. The van der Waals surface area contributed by atoms with Crippen molar-refractivity contribution in [3.05, 3.63) is 24.3 Å². The van der Waals surface area contributed by atoms with Crippen molar-refractivity contribution in [3.63, 3.8) is 0 Å². The predicted octanol–water partition coefficient (Wildman–Crippen LogP) is 2.55. The van der Waals surface area contributed by atoms with Gasteiger partial charge in [-0.3, -0.25) is 4.79 Å². The fourth-order valence-electron chi connectivity index (χ4n) is 2.47. The van der Waals surface area contributed by atoms with Crippen molar-refractivity contribution in [1.29, 1.82) is 0 Å². The van der Waals surface area contributed by atoms with E-state index in [1.807, 2.05) is 29.2 Å². The van der Waals surface area contributed by atoms with Gasteiger partial charge in [-0.1, -0.05) is 0 Å². The number of carbonyl (C=O) groups excluding carboxylic acids is 1. The topological polar surface area (TPSA) is 55.6 Å². The highest BCUT2D eigenvalue weighted by molar-refractivity contribution is 8.00. The Kier molecular flexibility index (Phi) is 7.93. The van der Waals surface area contributed by atoms with Gasteiger partial charge in [-0.25, -0.2) is 0 Å². The number of methoxy groups -OCH3 is 1. The number of amides is 1. The van der Waals surface area contributed by atoms with Crippen LogP contribution in [0.2, 0.25) is 0 Å². The SMILES string of the molecule is COc1ccc(SCC(=O)N2CCCCC2CN)cc1.Cl. The number of likely N-dealkylation sites (tertiary alicyclic amines) is 1. The van der Waals surface area contributed by atoms with Gasteiger partial charge in [0.1, 0.15) is 5.75 Å². The fourth-order valence-corrected chi connectivity index (χ4v) is 3.26. The summed E-state index contributed by atoms with van der Waals surface area (Å²) in [5, 5.41) is 0. The van der Waals surface area contributed by atoms with Crippen molar-refractivity contribution in [1.82, 2.24) is 4.90 Å². The molecule has 21 heavy (non-hydrogen) atoms. The average Bonchev–Trinajstić information content (AvgIpc) is 2.53. The van der Waals surface area contributed by atoms with E-state index in [1.54, 1.807) is 18.9 Å². The van der Waals surface area contributed by atoms with Crippen molar-refractivity contribution in [2.24, 2.45) is 5.73 Å². The highest BCUT2D eigenvalue weighted by Gasteiger charge is 2.25. The van der Waals surface area contributed by atoms with Crippen LogP contribution in [-0.4, -0.2) is 42.8 Å². The second kappa shape index (κ2) is 9.18. The summed E-state index contributed by atoms with van der Waals surface area (Å²) in [5.74, 6) is 1.50. The number of hydrogen-bond donors (Lipinski definition) is 1. The molecule has 1 aliphatic rings. The predicted molar refractivity (Wildman–Crippen MR) is 89.4 cm³/mol. The maximum absolute atomic E-state index is 12.3. The number of benzene rings is 1. The lowest BCUT2D eigenvalue weighted by Crippen LogP contribution is -2.48. The van der Waals surface area contributed by atoms with Gasteiger partial charge >= 0.3 is 0 Å². The van der Waals surface area contributed by atoms with Crippen LogP contribution in [0.3, 0.4) is 0 Å². The number of halogens is 1. The standard InChI is InChI=1S/C15H22N2O2S.ClH/c1-19-13-5-7-14(8-6-13)20-11-15(18)17-9-3-2-4-12(17)10-16;/h5-8,12H,2-4,9-11,16H2,1H3;1H. The van der Waals surface area contributed by atoms with Crippen LogP contribution in [0.1, 0.15) is 19.3 Å². The molecule has 6 heteroatoms. The number of hydrogen-bond acceptors (Lipinski definition) is 4. The zero-order valence-corrected chi connectivity index (χ0v) is 13.9. The molecule has 0 radical (unpaired) electrons. The molecule has 4 nitrogen and oxygen atoms in total. The Morgan fingerprint density at radius 3 is 2.71 bits per heavy atom. The summed E-state index contributed by atoms with van der Waals surface area (Å²) in [6, 6.07) is 8.01. The van der Waals surface area contributed by atoms with E-state index < -0.39 is 0 Å². The summed E-state index contributed by atoms with van der Waals surface area (Å²) in [6.45, 7) is 1.42. The van der Waals surface area contributed by atoms with Gasteiger partial charge in [0.05, 0.1) is 12.9 Å². The zero-order chi connectivity index (χ0) is 14.4. The quantitative estimate of drug-likeness (QED) is 0.843. The second-order valence-corrected chi connectivity index (χ2v) is 5.99. The van der Waals surface area contributed by atoms with Crippen LogP contribution in [0.4, 0.5) is 0 Å². The first-order valence-corrected chi connectivity index (χ1v) is 7.99. The molecule has 2 N–H and O–H groups in total. The summed E-state index contributed by atoms with van der Waals surface area (Å²) in [6.07, 6.45) is 3.31. The van der Waals surface area contributed by atoms with Crippen LogP contribution in [-0.2, 0) is 4.79 Å². The molecule has 2 rings (SSSR count). The van der Waals surface area contributed by atoms with E-state index in [0.29, 0.717) is 12.3 Å². The van der Waals surface area contributed by atoms with Crippen molar-refractivity contribution in [2.45, 2.75) is 30.2 Å². The lowest BCUT2D eigenvalue weighted by molar-refractivity contribution is -0.131. The minimum Gasteiger partial charge on any atom is -0.497 e. The van der Waals surface area contributed by atoms with Crippen molar-refractivity contribution in [2.75, 3.05) is 26.0 Å². The molecule has 1 aromatic rings. The van der Waals surface area contributed by atoms with E-state index >= 15 is 0 Å². The van der Waals surface area contributed by atoms with E-state index in [2.05, 4.69) is 0 Å². The molecule has 0 bridgehead atoms. The molecule has 1 heterocycles. The third-order valence-electron chi connectivity index (χ3n) is 3.64. The Morgan fingerprint density at radius 1 is 1.38 bits per heavy atom. The minimum absolute atomic E-state index is 0. The lowest BCUT2D eigenvalue weighted by Gasteiger charge is -2.35. The van der Waals surface area contributed by atoms with Gasteiger partial charge in [-0.15, -0.1) is 24.2 Å². The molecule has 1 atom stereocenters. The number of thioether (sulfide) groups is 1. The third-order valence-corrected chi connectivity index (χ3v) is 4.64. The third kappa shape index (κ3) is 5.09. The molecular formula is C15H23ClN2O2S. The summed E-state index contributed by atoms with van der Waals surface area (Å²) in [5.41, 5.74) is 5.76. The first kappa shape index (κ1) is 18.1. The molecule has 1 unspecified atom stereocenters. The van der Waals surface area contributed by atoms with Gasteiger partial charge in [0.2, 0.25) is 5.91 Å². The van der Waals surface area contributed by atoms with Crippen LogP contribution in [0.15, 0.2) is 29.2 Å². The van der Waals surface area contributed by atoms with Gasteiger partial charge in [0.15, 0.2) is 0 Å². The number of piperidine rings is 1. The van der Waals surface area contributed by atoms with Gasteiger partial charge in [0.25, 0.3) is 0 Å². The Morgan fingerprint density at radius 2 is 2.10 bits per heavy atom. The Hall–Kier alpha value is -0.910. The Bertz CT molecular complexity index is 442. The van der Waals surface area contributed by atoms with Gasteiger partial charge < -0.3 is 15.4 Å². The summed E-state index contributed by atoms with van der Waals surface area (Å²) in [4.78, 5) is 15.3. The molecule has 1 aliphatic heterocycles. The molecule has 0 spiro atoms. The minimum atomic E-state index is 0. The van der Waals surface area contributed by atoms with Crippen LogP contribution < -0.4 is 10.5 Å². The highest BCUT2D eigenvalue weighted by atomic mass is 35.5. The van der Waals surface area contributed by atoms with Crippen molar-refractivity contribution in [3.8, 4) is 5.75 Å². The van der Waals surface area contributed by atoms with Crippen molar-refractivity contribution >= 4 is 30.1 Å². The number of nitrogens with two attached hydrogens (primary N) is 1. The molecule has 1 saturated heterocycles. The van der Waals surface area contributed by atoms with Gasteiger partial charge in [-0.05, 0) is 43.5 Å². The number of carbonyl (C=O) groups is 1. The molecule has 118 valence electrons. The maximum Gasteiger partial charge on any atom is 0.233 e. The van der Waals surface area contributed by atoms with Crippen molar-refractivity contribution < 1.29 is 9.53 Å². The normalized spacial score (nSPS) is 18.0. The van der Waals surface area contributed by atoms with E-state index in [9.17, 15) is 4.79 Å². The largest absolute Gasteiger partial charge is 0.497 e. The van der Waals surface area contributed by atoms with E-state index in [4.69, 9.17) is 10.5 Å². The molecule has 1 aromatic carbocycles. The molecule has 0 aliphatic carbocycles. The molecule has 0 aromatic heterocycles. The average molecular weight is 331 g/mol. The first-order valence-electron chi connectivity index (χ1n) is 7.01. The van der Waals surface area contributed by atoms with Crippen LogP contribution in [0.25, 0.3) is 0 Å². The molecule has 1 amide bonds. The van der Waals surface area contributed by atoms with Gasteiger partial charge in [-0.2, -0.15) is 0 Å². The summed E-state index contributed by atoms with van der Waals surface area (Å²) >= 11 is 1.57. The molecular weight excluding hydrogens is 308 g/mol. The smallest absolute Gasteiger partial charge is 0.233 e. The van der Waals surface area contributed by atoms with E-state index in [1.165, 1.54) is 6.42 Å². The summed E-state index contributed by atoms with van der Waals surface area (Å²) in [7, 11) is 1.65. The van der Waals surface area contributed by atoms with Crippen LogP contribution in [0, 0.1) is 0 Å².